The average Bonchev–Trinajstić information content (AvgIpc) is 2.86. The summed E-state index contributed by atoms with van der Waals surface area (Å²) in [5.41, 5.74) is 0.716. The first-order valence-corrected chi connectivity index (χ1v) is 11.4. The summed E-state index contributed by atoms with van der Waals surface area (Å²) in [6.07, 6.45) is 1.37. The number of thiocarbonyl (C=S) groups is 1. The van der Waals surface area contributed by atoms with Gasteiger partial charge in [-0.15, -0.1) is 0 Å². The van der Waals surface area contributed by atoms with E-state index in [0.29, 0.717) is 27.6 Å². The molecular formula is C25H17ClFN3O6S. The molecule has 1 N–H and O–H groups in total. The molecule has 0 unspecified atom stereocenters. The Labute approximate surface area is 220 Å². The van der Waals surface area contributed by atoms with Crippen LogP contribution in [0.4, 0.5) is 15.8 Å². The number of benzene rings is 3. The predicted molar refractivity (Wildman–Crippen MR) is 138 cm³/mol. The van der Waals surface area contributed by atoms with Crippen molar-refractivity contribution < 1.29 is 28.4 Å². The smallest absolute Gasteiger partial charge is 0.311 e. The number of rotatable bonds is 7. The molecule has 1 fully saturated rings. The number of nitro benzene ring substituents is 1. The summed E-state index contributed by atoms with van der Waals surface area (Å²) in [6, 6.07) is 14.0. The Morgan fingerprint density at radius 3 is 2.51 bits per heavy atom. The van der Waals surface area contributed by atoms with E-state index in [1.807, 2.05) is 0 Å². The summed E-state index contributed by atoms with van der Waals surface area (Å²) in [7, 11) is 1.42. The van der Waals surface area contributed by atoms with Gasteiger partial charge in [0.2, 0.25) is 0 Å². The normalized spacial score (nSPS) is 14.5. The van der Waals surface area contributed by atoms with Crippen molar-refractivity contribution in [1.82, 2.24) is 5.32 Å². The van der Waals surface area contributed by atoms with Crippen LogP contribution in [0.15, 0.2) is 66.2 Å². The summed E-state index contributed by atoms with van der Waals surface area (Å²) in [5.74, 6) is -1.89. The lowest BCUT2D eigenvalue weighted by Crippen LogP contribution is -2.54. The van der Waals surface area contributed by atoms with Gasteiger partial charge in [0.05, 0.1) is 17.7 Å². The van der Waals surface area contributed by atoms with E-state index >= 15 is 0 Å². The topological polar surface area (TPSA) is 111 Å². The Morgan fingerprint density at radius 2 is 1.84 bits per heavy atom. The minimum atomic E-state index is -0.698. The van der Waals surface area contributed by atoms with Gasteiger partial charge in [0.15, 0.2) is 10.9 Å². The van der Waals surface area contributed by atoms with Gasteiger partial charge in [-0.3, -0.25) is 29.9 Å². The predicted octanol–water partition coefficient (Wildman–Crippen LogP) is 4.81. The third-order valence-corrected chi connectivity index (χ3v) is 5.84. The van der Waals surface area contributed by atoms with Crippen LogP contribution >= 0.6 is 23.8 Å². The van der Waals surface area contributed by atoms with Crippen molar-refractivity contribution in [2.24, 2.45) is 0 Å². The van der Waals surface area contributed by atoms with Crippen LogP contribution in [0.25, 0.3) is 6.08 Å². The first kappa shape index (κ1) is 25.7. The van der Waals surface area contributed by atoms with E-state index < -0.39 is 28.2 Å². The van der Waals surface area contributed by atoms with Gasteiger partial charge in [-0.25, -0.2) is 4.39 Å². The highest BCUT2D eigenvalue weighted by Crippen LogP contribution is 2.30. The number of nitro groups is 1. The van der Waals surface area contributed by atoms with Crippen molar-refractivity contribution >= 4 is 58.2 Å². The zero-order valence-electron chi connectivity index (χ0n) is 19.1. The highest BCUT2D eigenvalue weighted by molar-refractivity contribution is 7.80. The summed E-state index contributed by atoms with van der Waals surface area (Å²) in [4.78, 5) is 37.6. The van der Waals surface area contributed by atoms with Crippen LogP contribution in [0.3, 0.4) is 0 Å². The molecule has 1 aliphatic heterocycles. The van der Waals surface area contributed by atoms with Crippen LogP contribution in [0.5, 0.6) is 11.5 Å². The quantitative estimate of drug-likeness (QED) is 0.150. The number of halogens is 2. The first-order chi connectivity index (χ1) is 17.7. The number of anilines is 1. The molecule has 0 atom stereocenters. The minimum absolute atomic E-state index is 0.0741. The second-order valence-corrected chi connectivity index (χ2v) is 8.49. The number of amides is 2. The van der Waals surface area contributed by atoms with Gasteiger partial charge < -0.3 is 9.47 Å². The number of nitrogens with zero attached hydrogens (tertiary/aromatic N) is 2. The fourth-order valence-electron chi connectivity index (χ4n) is 3.56. The zero-order valence-corrected chi connectivity index (χ0v) is 20.6. The summed E-state index contributed by atoms with van der Waals surface area (Å²) in [5, 5.41) is 14.1. The highest BCUT2D eigenvalue weighted by Gasteiger charge is 2.34. The Hall–Kier alpha value is -4.35. The van der Waals surface area contributed by atoms with E-state index in [4.69, 9.17) is 33.3 Å². The summed E-state index contributed by atoms with van der Waals surface area (Å²) < 4.78 is 24.5. The van der Waals surface area contributed by atoms with Crippen LogP contribution in [-0.4, -0.2) is 29.0 Å². The van der Waals surface area contributed by atoms with E-state index in [-0.39, 0.29) is 23.0 Å². The molecule has 0 saturated carbocycles. The molecule has 9 nitrogen and oxygen atoms in total. The van der Waals surface area contributed by atoms with Crippen molar-refractivity contribution in [2.75, 3.05) is 12.0 Å². The third-order valence-electron chi connectivity index (χ3n) is 5.30. The molecule has 0 bridgehead atoms. The van der Waals surface area contributed by atoms with Gasteiger partial charge in [0, 0.05) is 22.7 Å². The molecule has 188 valence electrons. The molecule has 1 heterocycles. The Bertz CT molecular complexity index is 1460. The Kier molecular flexibility index (Phi) is 7.46. The van der Waals surface area contributed by atoms with Gasteiger partial charge in [-0.1, -0.05) is 17.7 Å². The van der Waals surface area contributed by atoms with Crippen LogP contribution < -0.4 is 19.7 Å². The molecule has 1 saturated heterocycles. The van der Waals surface area contributed by atoms with Crippen LogP contribution in [0, 0.1) is 15.9 Å². The van der Waals surface area contributed by atoms with Gasteiger partial charge in [0.25, 0.3) is 11.8 Å². The maximum absolute atomic E-state index is 13.7. The number of methoxy groups -OCH3 is 1. The van der Waals surface area contributed by atoms with Gasteiger partial charge in [0.1, 0.15) is 23.7 Å². The third kappa shape index (κ3) is 5.57. The molecule has 0 aliphatic carbocycles. The van der Waals surface area contributed by atoms with Crippen molar-refractivity contribution in [3.8, 4) is 11.5 Å². The Morgan fingerprint density at radius 1 is 1.11 bits per heavy atom. The highest BCUT2D eigenvalue weighted by atomic mass is 35.5. The van der Waals surface area contributed by atoms with E-state index in [0.717, 1.165) is 18.2 Å². The second-order valence-electron chi connectivity index (χ2n) is 7.66. The number of hydrogen-bond donors (Lipinski definition) is 1. The molecule has 1 aliphatic rings. The summed E-state index contributed by atoms with van der Waals surface area (Å²) in [6.45, 7) is -0.217. The van der Waals surface area contributed by atoms with Gasteiger partial charge in [-0.05, 0) is 66.3 Å². The van der Waals surface area contributed by atoms with E-state index in [1.165, 1.54) is 18.1 Å². The molecule has 3 aromatic carbocycles. The molecule has 0 aromatic heterocycles. The number of carbonyl (C=O) groups is 2. The van der Waals surface area contributed by atoms with Crippen LogP contribution in [0.1, 0.15) is 11.1 Å². The van der Waals surface area contributed by atoms with Crippen molar-refractivity contribution in [1.29, 1.82) is 0 Å². The number of hydrogen-bond acceptors (Lipinski definition) is 7. The lowest BCUT2D eigenvalue weighted by atomic mass is 10.0. The van der Waals surface area contributed by atoms with Crippen LogP contribution in [0.2, 0.25) is 5.02 Å². The summed E-state index contributed by atoms with van der Waals surface area (Å²) >= 11 is 11.1. The average molecular weight is 542 g/mol. The lowest BCUT2D eigenvalue weighted by molar-refractivity contribution is -0.386. The molecule has 37 heavy (non-hydrogen) atoms. The van der Waals surface area contributed by atoms with Crippen molar-refractivity contribution in [3.63, 3.8) is 0 Å². The SMILES string of the molecule is COc1ccc(/C=C2\C(=O)NC(=S)N(c3ccc(Cl)cc3)C2=O)cc1COc1cc(F)ccc1[N+](=O)[O-]. The van der Waals surface area contributed by atoms with Crippen LogP contribution in [-0.2, 0) is 16.2 Å². The largest absolute Gasteiger partial charge is 0.496 e. The maximum Gasteiger partial charge on any atom is 0.311 e. The van der Waals surface area contributed by atoms with Gasteiger partial charge in [-0.2, -0.15) is 0 Å². The molecule has 12 heteroatoms. The molecule has 0 spiro atoms. The molecule has 4 rings (SSSR count). The lowest BCUT2D eigenvalue weighted by Gasteiger charge is -2.29. The molecule has 3 aromatic rings. The van der Waals surface area contributed by atoms with Crippen molar-refractivity contribution in [2.45, 2.75) is 6.61 Å². The van der Waals surface area contributed by atoms with E-state index in [1.54, 1.807) is 42.5 Å². The van der Waals surface area contributed by atoms with E-state index in [9.17, 15) is 24.1 Å². The number of carbonyl (C=O) groups excluding carboxylic acids is 2. The fraction of sp³-hybridized carbons (Fsp3) is 0.0800. The molecular weight excluding hydrogens is 525 g/mol. The Balaban J connectivity index is 1.65. The van der Waals surface area contributed by atoms with Crippen molar-refractivity contribution in [3.05, 3.63) is 98.3 Å². The van der Waals surface area contributed by atoms with E-state index in [2.05, 4.69) is 5.32 Å². The maximum atomic E-state index is 13.7. The number of nitrogens with one attached hydrogen (secondary N) is 1. The second kappa shape index (κ2) is 10.7. The number of ether oxygens (including phenoxy) is 2. The van der Waals surface area contributed by atoms with Gasteiger partial charge >= 0.3 is 5.69 Å². The first-order valence-electron chi connectivity index (χ1n) is 10.6. The zero-order chi connectivity index (χ0) is 26.7. The molecule has 2 amide bonds. The monoisotopic (exact) mass is 541 g/mol. The fourth-order valence-corrected chi connectivity index (χ4v) is 3.97. The standard InChI is InChI=1S/C25H17ClFN3O6S/c1-35-21-9-2-14(10-15(21)13-36-22-12-17(27)5-8-20(22)30(33)34)11-19-23(31)28-25(37)29(24(19)32)18-6-3-16(26)4-7-18/h2-12H,13H2,1H3,(H,28,31,37)/b19-11+. The minimum Gasteiger partial charge on any atom is -0.496 e. The molecule has 0 radical (unpaired) electrons.